The molecule has 0 fully saturated rings. The maximum atomic E-state index is 14.6. The number of aliphatic hydroxyl groups is 1. The minimum atomic E-state index is -1.33. The summed E-state index contributed by atoms with van der Waals surface area (Å²) in [5.74, 6) is -2.21. The van der Waals surface area contributed by atoms with Gasteiger partial charge in [0, 0.05) is 40.4 Å². The molecule has 3 atom stereocenters. The summed E-state index contributed by atoms with van der Waals surface area (Å²) in [7, 11) is 1.46. The molecule has 0 aliphatic carbocycles. The zero-order valence-corrected chi connectivity index (χ0v) is 19.5. The summed E-state index contributed by atoms with van der Waals surface area (Å²) in [6.07, 6.45) is 1.93. The number of nitrogens with one attached hydrogen (secondary N) is 1. The fourth-order valence-electron chi connectivity index (χ4n) is 3.81. The van der Waals surface area contributed by atoms with Gasteiger partial charge in [-0.25, -0.2) is 13.8 Å². The number of benzene rings is 2. The highest BCUT2D eigenvalue weighted by atomic mass is 19.1. The van der Waals surface area contributed by atoms with Crippen molar-refractivity contribution >= 4 is 11.6 Å². The highest BCUT2D eigenvalue weighted by Crippen LogP contribution is 2.32. The van der Waals surface area contributed by atoms with Crippen LogP contribution in [0.1, 0.15) is 29.0 Å². The van der Waals surface area contributed by atoms with Gasteiger partial charge in [-0.3, -0.25) is 4.79 Å². The number of aromatic nitrogens is 1. The number of amides is 1. The minimum absolute atomic E-state index is 0.167. The number of carbonyl (C=O) groups is 1. The van der Waals surface area contributed by atoms with Gasteiger partial charge >= 0.3 is 0 Å². The summed E-state index contributed by atoms with van der Waals surface area (Å²) in [6, 6.07) is 11.0. The Morgan fingerprint density at radius 2 is 1.92 bits per heavy atom. The van der Waals surface area contributed by atoms with Gasteiger partial charge in [0.1, 0.15) is 17.7 Å². The lowest BCUT2D eigenvalue weighted by atomic mass is 9.85. The van der Waals surface area contributed by atoms with Crippen molar-refractivity contribution in [1.82, 2.24) is 4.98 Å². The van der Waals surface area contributed by atoms with E-state index in [0.29, 0.717) is 17.0 Å². The first-order chi connectivity index (χ1) is 17.4. The van der Waals surface area contributed by atoms with E-state index in [1.54, 1.807) is 12.1 Å². The van der Waals surface area contributed by atoms with Crippen LogP contribution >= 0.6 is 0 Å². The van der Waals surface area contributed by atoms with Crippen LogP contribution in [0.15, 0.2) is 65.9 Å². The Balaban J connectivity index is 2.00. The third-order valence-corrected chi connectivity index (χ3v) is 5.69. The molecular weight excluding hydrogens is 470 g/mol. The molecule has 2 aromatic carbocycles. The van der Waals surface area contributed by atoms with E-state index < -0.39 is 35.5 Å². The standard InChI is InChI=1S/C25H26F2N6O3/c1-36-22-12-7-16(13-30-22)23(15-5-8-17(26)9-6-15)24(32-33-29)25(35)31-21-4-2-3-20(27)19(21)11-10-18(28)14-34/h2-9,12-13,18,23-24,34H,10-11,14,28H2,1H3,(H,31,35)/t18?,23-,24-/m0/s1. The predicted molar refractivity (Wildman–Crippen MR) is 130 cm³/mol. The van der Waals surface area contributed by atoms with Gasteiger partial charge in [0.15, 0.2) is 0 Å². The Bertz CT molecular complexity index is 1220. The molecule has 0 aliphatic rings. The number of pyridine rings is 1. The van der Waals surface area contributed by atoms with Crippen LogP contribution in [0, 0.1) is 11.6 Å². The summed E-state index contributed by atoms with van der Waals surface area (Å²) < 4.78 is 33.3. The maximum absolute atomic E-state index is 14.6. The van der Waals surface area contributed by atoms with Crippen molar-refractivity contribution < 1.29 is 23.4 Å². The number of hydrogen-bond acceptors (Lipinski definition) is 6. The molecule has 9 nitrogen and oxygen atoms in total. The van der Waals surface area contributed by atoms with E-state index in [9.17, 15) is 24.2 Å². The van der Waals surface area contributed by atoms with Crippen molar-refractivity contribution in [2.45, 2.75) is 30.8 Å². The number of hydrogen-bond donors (Lipinski definition) is 3. The molecule has 3 rings (SSSR count). The number of anilines is 1. The molecule has 36 heavy (non-hydrogen) atoms. The van der Waals surface area contributed by atoms with Crippen LogP contribution in [0.25, 0.3) is 10.4 Å². The van der Waals surface area contributed by atoms with Crippen LogP contribution in [-0.2, 0) is 11.2 Å². The molecule has 11 heteroatoms. The smallest absolute Gasteiger partial charge is 0.234 e. The number of nitrogens with zero attached hydrogens (tertiary/aromatic N) is 4. The van der Waals surface area contributed by atoms with E-state index in [-0.39, 0.29) is 30.7 Å². The topological polar surface area (TPSA) is 146 Å². The quantitative estimate of drug-likeness (QED) is 0.208. The fourth-order valence-corrected chi connectivity index (χ4v) is 3.81. The number of azide groups is 1. The second kappa shape index (κ2) is 12.6. The molecule has 1 heterocycles. The van der Waals surface area contributed by atoms with Gasteiger partial charge in [0.25, 0.3) is 0 Å². The van der Waals surface area contributed by atoms with E-state index in [4.69, 9.17) is 10.5 Å². The minimum Gasteiger partial charge on any atom is -0.481 e. The van der Waals surface area contributed by atoms with E-state index in [1.807, 2.05) is 0 Å². The molecule has 1 amide bonds. The molecule has 188 valence electrons. The van der Waals surface area contributed by atoms with Gasteiger partial charge in [-0.05, 0) is 53.8 Å². The van der Waals surface area contributed by atoms with Crippen LogP contribution in [0.4, 0.5) is 14.5 Å². The zero-order chi connectivity index (χ0) is 26.1. The lowest BCUT2D eigenvalue weighted by Gasteiger charge is -2.24. The summed E-state index contributed by atoms with van der Waals surface area (Å²) in [6.45, 7) is -0.260. The second-order valence-electron chi connectivity index (χ2n) is 8.05. The van der Waals surface area contributed by atoms with Gasteiger partial charge in [0.05, 0.1) is 13.7 Å². The Hall–Kier alpha value is -4.05. The average Bonchev–Trinajstić information content (AvgIpc) is 2.89. The predicted octanol–water partition coefficient (Wildman–Crippen LogP) is 4.07. The van der Waals surface area contributed by atoms with Gasteiger partial charge in [-0.1, -0.05) is 29.4 Å². The Morgan fingerprint density at radius 1 is 1.19 bits per heavy atom. The van der Waals surface area contributed by atoms with Crippen molar-refractivity contribution in [2.24, 2.45) is 10.8 Å². The van der Waals surface area contributed by atoms with E-state index >= 15 is 0 Å². The lowest BCUT2D eigenvalue weighted by Crippen LogP contribution is -2.33. The summed E-state index contributed by atoms with van der Waals surface area (Å²) in [5.41, 5.74) is 16.4. The number of aliphatic hydroxyl groups excluding tert-OH is 1. The third-order valence-electron chi connectivity index (χ3n) is 5.69. The molecule has 0 spiro atoms. The number of halogens is 2. The van der Waals surface area contributed by atoms with Gasteiger partial charge in [-0.15, -0.1) is 0 Å². The monoisotopic (exact) mass is 496 g/mol. The number of methoxy groups -OCH3 is 1. The summed E-state index contributed by atoms with van der Waals surface area (Å²) >= 11 is 0. The molecular formula is C25H26F2N6O3. The third kappa shape index (κ3) is 6.54. The molecule has 0 saturated carbocycles. The number of ether oxygens (including phenoxy) is 1. The van der Waals surface area contributed by atoms with E-state index in [1.165, 1.54) is 55.8 Å². The van der Waals surface area contributed by atoms with Gasteiger partial charge in [-0.2, -0.15) is 0 Å². The van der Waals surface area contributed by atoms with Crippen molar-refractivity contribution in [3.05, 3.63) is 99.6 Å². The van der Waals surface area contributed by atoms with Crippen molar-refractivity contribution in [3.63, 3.8) is 0 Å². The number of rotatable bonds is 11. The number of carbonyl (C=O) groups excluding carboxylic acids is 1. The molecule has 0 saturated heterocycles. The van der Waals surface area contributed by atoms with Crippen LogP contribution in [0.5, 0.6) is 5.88 Å². The first kappa shape index (κ1) is 26.6. The second-order valence-corrected chi connectivity index (χ2v) is 8.05. The van der Waals surface area contributed by atoms with Gasteiger partial charge < -0.3 is 20.9 Å². The summed E-state index contributed by atoms with van der Waals surface area (Å²) in [4.78, 5) is 20.5. The largest absolute Gasteiger partial charge is 0.481 e. The van der Waals surface area contributed by atoms with Crippen molar-refractivity contribution in [3.8, 4) is 5.88 Å². The Kier molecular flexibility index (Phi) is 9.29. The normalized spacial score (nSPS) is 13.2. The number of nitrogens with two attached hydrogens (primary N) is 1. The molecule has 4 N–H and O–H groups in total. The first-order valence-electron chi connectivity index (χ1n) is 11.1. The highest BCUT2D eigenvalue weighted by Gasteiger charge is 2.31. The maximum Gasteiger partial charge on any atom is 0.234 e. The highest BCUT2D eigenvalue weighted by molar-refractivity contribution is 5.96. The molecule has 0 radical (unpaired) electrons. The molecule has 0 aliphatic heterocycles. The van der Waals surface area contributed by atoms with Crippen molar-refractivity contribution in [1.29, 1.82) is 0 Å². The van der Waals surface area contributed by atoms with Crippen LogP contribution in [0.2, 0.25) is 0 Å². The SMILES string of the molecule is COc1ccc([C@H](c2ccc(F)cc2)[C@H](N=[N+]=[N-])C(=O)Nc2cccc(F)c2CCC(N)CO)cn1. The van der Waals surface area contributed by atoms with Crippen molar-refractivity contribution in [2.75, 3.05) is 19.0 Å². The summed E-state index contributed by atoms with van der Waals surface area (Å²) in [5, 5.41) is 15.6. The molecule has 1 unspecified atom stereocenters. The van der Waals surface area contributed by atoms with E-state index in [0.717, 1.165) is 0 Å². The molecule has 1 aromatic heterocycles. The zero-order valence-electron chi connectivity index (χ0n) is 19.5. The van der Waals surface area contributed by atoms with Crippen LogP contribution < -0.4 is 15.8 Å². The average molecular weight is 497 g/mol. The first-order valence-corrected chi connectivity index (χ1v) is 11.1. The van der Waals surface area contributed by atoms with E-state index in [2.05, 4.69) is 20.3 Å². The van der Waals surface area contributed by atoms with Crippen LogP contribution in [0.3, 0.4) is 0 Å². The lowest BCUT2D eigenvalue weighted by molar-refractivity contribution is -0.117. The fraction of sp³-hybridized carbons (Fsp3) is 0.280. The van der Waals surface area contributed by atoms with Crippen LogP contribution in [-0.4, -0.2) is 41.8 Å². The van der Waals surface area contributed by atoms with Gasteiger partial charge in [0.2, 0.25) is 11.8 Å². The Morgan fingerprint density at radius 3 is 2.53 bits per heavy atom. The molecule has 0 bridgehead atoms. The Labute approximate surface area is 206 Å². The molecule has 3 aromatic rings.